The number of fused-ring (bicyclic) bond motifs is 1. The van der Waals surface area contributed by atoms with Crippen molar-refractivity contribution in [3.05, 3.63) is 45.5 Å². The van der Waals surface area contributed by atoms with Crippen molar-refractivity contribution in [3.8, 4) is 0 Å². The Morgan fingerprint density at radius 2 is 2.04 bits per heavy atom. The zero-order chi connectivity index (χ0) is 19.0. The molecule has 0 spiro atoms. The lowest BCUT2D eigenvalue weighted by Gasteiger charge is -2.29. The van der Waals surface area contributed by atoms with Gasteiger partial charge in [-0.05, 0) is 76.3 Å². The van der Waals surface area contributed by atoms with Gasteiger partial charge in [-0.1, -0.05) is 11.6 Å². The maximum Gasteiger partial charge on any atom is 0.253 e. The number of aryl methyl sites for hydroxylation is 2. The Morgan fingerprint density at radius 1 is 1.26 bits per heavy atom. The quantitative estimate of drug-likeness (QED) is 0.863. The molecule has 144 valence electrons. The van der Waals surface area contributed by atoms with E-state index in [1.54, 1.807) is 12.3 Å². The van der Waals surface area contributed by atoms with E-state index >= 15 is 0 Å². The Hall–Kier alpha value is -1.88. The second-order valence-electron chi connectivity index (χ2n) is 8.02. The van der Waals surface area contributed by atoms with E-state index in [0.29, 0.717) is 22.2 Å². The molecule has 0 atom stereocenters. The number of nitrogens with one attached hydrogen (secondary N) is 1. The fourth-order valence-electron chi connectivity index (χ4n) is 4.52. The van der Waals surface area contributed by atoms with Crippen molar-refractivity contribution >= 4 is 17.5 Å². The average Bonchev–Trinajstić information content (AvgIpc) is 3.22. The highest BCUT2D eigenvalue weighted by Crippen LogP contribution is 2.29. The van der Waals surface area contributed by atoms with Crippen molar-refractivity contribution in [1.29, 1.82) is 0 Å². The highest BCUT2D eigenvalue weighted by molar-refractivity contribution is 6.30. The van der Waals surface area contributed by atoms with Gasteiger partial charge in [-0.25, -0.2) is 0 Å². The van der Waals surface area contributed by atoms with Crippen molar-refractivity contribution < 1.29 is 4.79 Å². The normalized spacial score (nSPS) is 21.9. The van der Waals surface area contributed by atoms with Crippen LogP contribution >= 0.6 is 11.6 Å². The van der Waals surface area contributed by atoms with Crippen molar-refractivity contribution in [2.45, 2.75) is 71.4 Å². The number of amides is 1. The largest absolute Gasteiger partial charge is 0.349 e. The minimum Gasteiger partial charge on any atom is -0.349 e. The van der Waals surface area contributed by atoms with Gasteiger partial charge in [0.1, 0.15) is 0 Å². The summed E-state index contributed by atoms with van der Waals surface area (Å²) >= 11 is 5.99. The van der Waals surface area contributed by atoms with Crippen LogP contribution in [0, 0.1) is 19.8 Å². The molecule has 1 amide bonds. The molecule has 27 heavy (non-hydrogen) atoms. The number of aromatic nitrogens is 3. The molecule has 0 radical (unpaired) electrons. The van der Waals surface area contributed by atoms with E-state index in [1.807, 2.05) is 6.92 Å². The lowest BCUT2D eigenvalue weighted by Crippen LogP contribution is -2.38. The molecule has 0 bridgehead atoms. The van der Waals surface area contributed by atoms with Crippen LogP contribution in [0.15, 0.2) is 12.3 Å². The number of hydrogen-bond acceptors (Lipinski definition) is 3. The van der Waals surface area contributed by atoms with Gasteiger partial charge in [-0.15, -0.1) is 0 Å². The Balaban J connectivity index is 1.31. The molecule has 0 unspecified atom stereocenters. The zero-order valence-corrected chi connectivity index (χ0v) is 16.9. The fraction of sp³-hybridized carbons (Fsp3) is 0.571. The molecule has 1 N–H and O–H groups in total. The molecule has 6 heteroatoms. The summed E-state index contributed by atoms with van der Waals surface area (Å²) in [7, 11) is 0. The van der Waals surface area contributed by atoms with Gasteiger partial charge in [0.05, 0.1) is 22.0 Å². The summed E-state index contributed by atoms with van der Waals surface area (Å²) in [5, 5.41) is 8.50. The smallest absolute Gasteiger partial charge is 0.253 e. The standard InChI is InChI=1S/C21H27ClN4O/c1-13-19(10-16(22)11-23-13)21(27)24-17-8-6-15(7-9-17)12-26-14(2)18-4-3-5-20(18)25-26/h10-11,15,17H,3-9,12H2,1-2H3,(H,24,27)/t15-,17-. The first kappa shape index (κ1) is 18.5. The van der Waals surface area contributed by atoms with Crippen LogP contribution in [0.2, 0.25) is 5.02 Å². The van der Waals surface area contributed by atoms with Gasteiger partial charge >= 0.3 is 0 Å². The van der Waals surface area contributed by atoms with E-state index in [-0.39, 0.29) is 11.9 Å². The molecule has 5 nitrogen and oxygen atoms in total. The first-order valence-electron chi connectivity index (χ1n) is 9.99. The molecule has 1 saturated carbocycles. The van der Waals surface area contributed by atoms with Crippen LogP contribution in [-0.2, 0) is 19.4 Å². The summed E-state index contributed by atoms with van der Waals surface area (Å²) in [6, 6.07) is 1.93. The van der Waals surface area contributed by atoms with Gasteiger partial charge in [0, 0.05) is 24.5 Å². The molecule has 2 heterocycles. The molecule has 2 aliphatic carbocycles. The number of rotatable bonds is 4. The van der Waals surface area contributed by atoms with Crippen LogP contribution in [0.3, 0.4) is 0 Å². The highest BCUT2D eigenvalue weighted by atomic mass is 35.5. The van der Waals surface area contributed by atoms with E-state index in [9.17, 15) is 4.79 Å². The molecule has 0 saturated heterocycles. The average molecular weight is 387 g/mol. The molecule has 4 rings (SSSR count). The van der Waals surface area contributed by atoms with Crippen molar-refractivity contribution in [1.82, 2.24) is 20.1 Å². The Morgan fingerprint density at radius 3 is 2.78 bits per heavy atom. The summed E-state index contributed by atoms with van der Waals surface area (Å²) in [4.78, 5) is 16.7. The molecular weight excluding hydrogens is 360 g/mol. The number of hydrogen-bond donors (Lipinski definition) is 1. The van der Waals surface area contributed by atoms with E-state index in [0.717, 1.165) is 38.6 Å². The highest BCUT2D eigenvalue weighted by Gasteiger charge is 2.26. The van der Waals surface area contributed by atoms with Crippen LogP contribution in [0.25, 0.3) is 0 Å². The third-order valence-corrected chi connectivity index (χ3v) is 6.37. The predicted molar refractivity (Wildman–Crippen MR) is 106 cm³/mol. The number of carbonyl (C=O) groups excluding carboxylic acids is 1. The maximum absolute atomic E-state index is 12.6. The second kappa shape index (κ2) is 7.63. The molecule has 1 fully saturated rings. The van der Waals surface area contributed by atoms with Crippen LogP contribution in [0.5, 0.6) is 0 Å². The van der Waals surface area contributed by atoms with Crippen molar-refractivity contribution in [3.63, 3.8) is 0 Å². The van der Waals surface area contributed by atoms with Gasteiger partial charge in [0.25, 0.3) is 5.91 Å². The van der Waals surface area contributed by atoms with Crippen LogP contribution in [-0.4, -0.2) is 26.7 Å². The predicted octanol–water partition coefficient (Wildman–Crippen LogP) is 4.03. The van der Waals surface area contributed by atoms with Crippen molar-refractivity contribution in [2.24, 2.45) is 5.92 Å². The van der Waals surface area contributed by atoms with Crippen LogP contribution in [0.1, 0.15) is 65.1 Å². The van der Waals surface area contributed by atoms with E-state index in [4.69, 9.17) is 16.7 Å². The van der Waals surface area contributed by atoms with Crippen LogP contribution in [0.4, 0.5) is 0 Å². The van der Waals surface area contributed by atoms with Crippen molar-refractivity contribution in [2.75, 3.05) is 0 Å². The minimum atomic E-state index is -0.0645. The summed E-state index contributed by atoms with van der Waals surface area (Å²) in [5.74, 6) is 0.580. The zero-order valence-electron chi connectivity index (χ0n) is 16.1. The van der Waals surface area contributed by atoms with E-state index in [1.165, 1.54) is 29.8 Å². The summed E-state index contributed by atoms with van der Waals surface area (Å²) < 4.78 is 2.23. The lowest BCUT2D eigenvalue weighted by molar-refractivity contribution is 0.0919. The third kappa shape index (κ3) is 3.88. The topological polar surface area (TPSA) is 59.8 Å². The SMILES string of the molecule is Cc1ncc(Cl)cc1C(=O)N[C@H]1CC[C@H](Cn2nc3c(c2C)CCC3)CC1. The monoisotopic (exact) mass is 386 g/mol. The van der Waals surface area contributed by atoms with E-state index < -0.39 is 0 Å². The van der Waals surface area contributed by atoms with Gasteiger partial charge in [0.15, 0.2) is 0 Å². The van der Waals surface area contributed by atoms with E-state index in [2.05, 4.69) is 21.9 Å². The third-order valence-electron chi connectivity index (χ3n) is 6.17. The minimum absolute atomic E-state index is 0.0645. The summed E-state index contributed by atoms with van der Waals surface area (Å²) in [6.45, 7) is 5.06. The molecule has 0 aromatic carbocycles. The molecule has 0 aliphatic heterocycles. The fourth-order valence-corrected chi connectivity index (χ4v) is 4.67. The summed E-state index contributed by atoms with van der Waals surface area (Å²) in [6.07, 6.45) is 9.45. The number of halogens is 1. The molecule has 2 aromatic heterocycles. The number of carbonyl (C=O) groups is 1. The lowest BCUT2D eigenvalue weighted by atomic mass is 9.86. The van der Waals surface area contributed by atoms with Gasteiger partial charge in [-0.3, -0.25) is 14.5 Å². The van der Waals surface area contributed by atoms with Gasteiger partial charge in [-0.2, -0.15) is 5.10 Å². The van der Waals surface area contributed by atoms with Gasteiger partial charge < -0.3 is 5.32 Å². The number of nitrogens with zero attached hydrogens (tertiary/aromatic N) is 3. The molecule has 2 aliphatic rings. The van der Waals surface area contributed by atoms with Crippen LogP contribution < -0.4 is 5.32 Å². The Kier molecular flexibility index (Phi) is 5.22. The number of pyridine rings is 1. The first-order chi connectivity index (χ1) is 13.0. The second-order valence-corrected chi connectivity index (χ2v) is 8.46. The Labute approximate surface area is 165 Å². The summed E-state index contributed by atoms with van der Waals surface area (Å²) in [5.41, 5.74) is 5.46. The first-order valence-corrected chi connectivity index (χ1v) is 10.4. The Bertz CT molecular complexity index is 852. The molecule has 2 aromatic rings. The van der Waals surface area contributed by atoms with Gasteiger partial charge in [0.2, 0.25) is 0 Å². The maximum atomic E-state index is 12.6. The molecular formula is C21H27ClN4O.